The molecule has 1 aliphatic carbocycles. The molecular weight excluding hydrogens is 226 g/mol. The van der Waals surface area contributed by atoms with E-state index >= 15 is 0 Å². The zero-order valence-corrected chi connectivity index (χ0v) is 10.7. The summed E-state index contributed by atoms with van der Waals surface area (Å²) in [4.78, 5) is 11.4. The molecular formula is C11H21NO3S. The highest BCUT2D eigenvalue weighted by Crippen LogP contribution is 2.28. The summed E-state index contributed by atoms with van der Waals surface area (Å²) in [5, 5.41) is 0. The van der Waals surface area contributed by atoms with E-state index in [1.54, 1.807) is 6.92 Å². The van der Waals surface area contributed by atoms with Gasteiger partial charge in [-0.1, -0.05) is 32.6 Å². The second-order valence-electron chi connectivity index (χ2n) is 4.53. The van der Waals surface area contributed by atoms with Crippen LogP contribution in [-0.2, 0) is 14.8 Å². The zero-order valence-electron chi connectivity index (χ0n) is 9.87. The molecule has 5 heteroatoms. The molecule has 1 fully saturated rings. The van der Waals surface area contributed by atoms with Crippen molar-refractivity contribution in [1.82, 2.24) is 4.72 Å². The van der Waals surface area contributed by atoms with E-state index in [1.807, 2.05) is 0 Å². The lowest BCUT2D eigenvalue weighted by Crippen LogP contribution is -2.32. The van der Waals surface area contributed by atoms with Crippen LogP contribution in [0.5, 0.6) is 0 Å². The molecule has 0 aliphatic heterocycles. The van der Waals surface area contributed by atoms with E-state index in [2.05, 4.69) is 4.72 Å². The number of hydrogen-bond acceptors (Lipinski definition) is 3. The molecule has 1 saturated carbocycles. The molecule has 1 rings (SSSR count). The minimum Gasteiger partial charge on any atom is -0.274 e. The lowest BCUT2D eigenvalue weighted by molar-refractivity contribution is -0.119. The Bertz CT molecular complexity index is 318. The third-order valence-electron chi connectivity index (χ3n) is 3.00. The highest BCUT2D eigenvalue weighted by Gasteiger charge is 2.18. The van der Waals surface area contributed by atoms with E-state index in [-0.39, 0.29) is 11.7 Å². The summed E-state index contributed by atoms with van der Waals surface area (Å²) in [6.07, 6.45) is 6.58. The van der Waals surface area contributed by atoms with E-state index in [4.69, 9.17) is 0 Å². The Morgan fingerprint density at radius 1 is 1.31 bits per heavy atom. The van der Waals surface area contributed by atoms with Gasteiger partial charge in [0.2, 0.25) is 15.9 Å². The van der Waals surface area contributed by atoms with E-state index < -0.39 is 10.0 Å². The summed E-state index contributed by atoms with van der Waals surface area (Å²) in [6.45, 7) is 1.78. The van der Waals surface area contributed by atoms with Crippen LogP contribution in [0, 0.1) is 5.92 Å². The first-order valence-electron chi connectivity index (χ1n) is 6.07. The maximum absolute atomic E-state index is 11.4. The first-order valence-corrected chi connectivity index (χ1v) is 7.72. The van der Waals surface area contributed by atoms with Crippen LogP contribution in [-0.4, -0.2) is 20.1 Å². The number of nitrogens with one attached hydrogen (secondary N) is 1. The van der Waals surface area contributed by atoms with Crippen molar-refractivity contribution in [2.75, 3.05) is 5.75 Å². The maximum atomic E-state index is 11.4. The van der Waals surface area contributed by atoms with Crippen LogP contribution < -0.4 is 4.72 Å². The molecule has 0 radical (unpaired) electrons. The summed E-state index contributed by atoms with van der Waals surface area (Å²) in [6, 6.07) is 0. The number of sulfonamides is 1. The standard InChI is InChI=1S/C11H21NO3S/c1-2-9-16(14,15)12-11(13)8-7-10-5-3-4-6-10/h10H,2-9H2,1H3,(H,12,13). The number of rotatable bonds is 6. The lowest BCUT2D eigenvalue weighted by Gasteiger charge is -2.09. The van der Waals surface area contributed by atoms with Crippen LogP contribution in [0.25, 0.3) is 0 Å². The number of hydrogen-bond donors (Lipinski definition) is 1. The SMILES string of the molecule is CCCS(=O)(=O)NC(=O)CCC1CCCC1. The predicted octanol–water partition coefficient (Wildman–Crippen LogP) is 1.81. The smallest absolute Gasteiger partial charge is 0.234 e. The fraction of sp³-hybridized carbons (Fsp3) is 0.909. The highest BCUT2D eigenvalue weighted by atomic mass is 32.2. The molecule has 16 heavy (non-hydrogen) atoms. The van der Waals surface area contributed by atoms with Gasteiger partial charge in [-0.05, 0) is 18.8 Å². The van der Waals surface area contributed by atoms with Crippen molar-refractivity contribution in [3.63, 3.8) is 0 Å². The lowest BCUT2D eigenvalue weighted by atomic mass is 10.0. The summed E-state index contributed by atoms with van der Waals surface area (Å²) >= 11 is 0. The van der Waals surface area contributed by atoms with Crippen molar-refractivity contribution in [3.05, 3.63) is 0 Å². The molecule has 1 amide bonds. The Morgan fingerprint density at radius 2 is 1.94 bits per heavy atom. The Morgan fingerprint density at radius 3 is 2.50 bits per heavy atom. The molecule has 0 aromatic carbocycles. The third kappa shape index (κ3) is 4.96. The van der Waals surface area contributed by atoms with Crippen molar-refractivity contribution in [3.8, 4) is 0 Å². The topological polar surface area (TPSA) is 63.2 Å². The van der Waals surface area contributed by atoms with Crippen molar-refractivity contribution in [1.29, 1.82) is 0 Å². The van der Waals surface area contributed by atoms with Gasteiger partial charge in [0.05, 0.1) is 5.75 Å². The quantitative estimate of drug-likeness (QED) is 0.778. The zero-order chi connectivity index (χ0) is 12.0. The van der Waals surface area contributed by atoms with Crippen LogP contribution >= 0.6 is 0 Å². The Kier molecular flexibility index (Phi) is 5.25. The van der Waals surface area contributed by atoms with E-state index in [9.17, 15) is 13.2 Å². The molecule has 0 spiro atoms. The van der Waals surface area contributed by atoms with Gasteiger partial charge < -0.3 is 0 Å². The molecule has 1 N–H and O–H groups in total. The second kappa shape index (κ2) is 6.23. The Hall–Kier alpha value is -0.580. The molecule has 0 atom stereocenters. The summed E-state index contributed by atoms with van der Waals surface area (Å²) in [5.41, 5.74) is 0. The fourth-order valence-corrected chi connectivity index (χ4v) is 3.27. The minimum absolute atomic E-state index is 0.0299. The Balaban J connectivity index is 2.24. The molecule has 4 nitrogen and oxygen atoms in total. The van der Waals surface area contributed by atoms with Crippen LogP contribution in [0.3, 0.4) is 0 Å². The minimum atomic E-state index is -3.38. The van der Waals surface area contributed by atoms with Gasteiger partial charge in [-0.2, -0.15) is 0 Å². The number of carbonyl (C=O) groups excluding carboxylic acids is 1. The van der Waals surface area contributed by atoms with Gasteiger partial charge in [0.1, 0.15) is 0 Å². The van der Waals surface area contributed by atoms with Gasteiger partial charge in [-0.15, -0.1) is 0 Å². The Labute approximate surface area is 97.9 Å². The van der Waals surface area contributed by atoms with Gasteiger partial charge in [-0.25, -0.2) is 8.42 Å². The van der Waals surface area contributed by atoms with E-state index in [0.717, 1.165) is 6.42 Å². The molecule has 1 aliphatic rings. The maximum Gasteiger partial charge on any atom is 0.234 e. The predicted molar refractivity (Wildman–Crippen MR) is 63.4 cm³/mol. The van der Waals surface area contributed by atoms with Crippen molar-refractivity contribution in [2.24, 2.45) is 5.92 Å². The van der Waals surface area contributed by atoms with Crippen molar-refractivity contribution in [2.45, 2.75) is 51.9 Å². The summed E-state index contributed by atoms with van der Waals surface area (Å²) in [5.74, 6) is 0.308. The van der Waals surface area contributed by atoms with Gasteiger partial charge in [0.25, 0.3) is 0 Å². The average molecular weight is 247 g/mol. The summed E-state index contributed by atoms with van der Waals surface area (Å²) < 4.78 is 24.7. The second-order valence-corrected chi connectivity index (χ2v) is 6.38. The van der Waals surface area contributed by atoms with Gasteiger partial charge in [-0.3, -0.25) is 9.52 Å². The largest absolute Gasteiger partial charge is 0.274 e. The van der Waals surface area contributed by atoms with Gasteiger partial charge >= 0.3 is 0 Å². The molecule has 94 valence electrons. The molecule has 0 aromatic rings. The van der Waals surface area contributed by atoms with Crippen LogP contribution in [0.15, 0.2) is 0 Å². The number of carbonyl (C=O) groups is 1. The molecule has 0 aromatic heterocycles. The molecule has 0 heterocycles. The van der Waals surface area contributed by atoms with E-state index in [1.165, 1.54) is 25.7 Å². The molecule has 0 saturated heterocycles. The third-order valence-corrected chi connectivity index (χ3v) is 4.48. The molecule has 0 bridgehead atoms. The summed E-state index contributed by atoms with van der Waals surface area (Å²) in [7, 11) is -3.38. The van der Waals surface area contributed by atoms with Crippen LogP contribution in [0.2, 0.25) is 0 Å². The van der Waals surface area contributed by atoms with Gasteiger partial charge in [0.15, 0.2) is 0 Å². The number of amides is 1. The monoisotopic (exact) mass is 247 g/mol. The van der Waals surface area contributed by atoms with Crippen molar-refractivity contribution < 1.29 is 13.2 Å². The molecule has 0 unspecified atom stereocenters. The van der Waals surface area contributed by atoms with E-state index in [0.29, 0.717) is 18.8 Å². The van der Waals surface area contributed by atoms with Crippen molar-refractivity contribution >= 4 is 15.9 Å². The normalized spacial score (nSPS) is 17.6. The fourth-order valence-electron chi connectivity index (χ4n) is 2.18. The van der Waals surface area contributed by atoms with Crippen LogP contribution in [0.4, 0.5) is 0 Å². The highest BCUT2D eigenvalue weighted by molar-refractivity contribution is 7.90. The van der Waals surface area contributed by atoms with Crippen LogP contribution in [0.1, 0.15) is 51.9 Å². The first kappa shape index (κ1) is 13.5. The average Bonchev–Trinajstić information content (AvgIpc) is 2.66. The first-order chi connectivity index (χ1) is 7.53. The van der Waals surface area contributed by atoms with Gasteiger partial charge in [0, 0.05) is 6.42 Å².